The molecule has 2 heterocycles. The lowest BCUT2D eigenvalue weighted by atomic mass is 10.0. The number of nitrogens with zero attached hydrogens (tertiary/aromatic N) is 1. The molecule has 1 saturated heterocycles. The molecule has 1 N–H and O–H groups in total. The van der Waals surface area contributed by atoms with Gasteiger partial charge in [-0.05, 0) is 30.9 Å². The Morgan fingerprint density at radius 1 is 1.57 bits per heavy atom. The molecule has 0 radical (unpaired) electrons. The van der Waals surface area contributed by atoms with E-state index < -0.39 is 6.10 Å². The van der Waals surface area contributed by atoms with Gasteiger partial charge in [-0.2, -0.15) is 0 Å². The summed E-state index contributed by atoms with van der Waals surface area (Å²) in [4.78, 5) is 14.4. The third-order valence-electron chi connectivity index (χ3n) is 4.37. The minimum absolute atomic E-state index is 0.145. The van der Waals surface area contributed by atoms with Crippen molar-refractivity contribution in [2.45, 2.75) is 64.5 Å². The summed E-state index contributed by atoms with van der Waals surface area (Å²) in [6.45, 7) is 5.12. The predicted octanol–water partition coefficient (Wildman–Crippen LogP) is 3.52. The predicted molar refractivity (Wildman–Crippen MR) is 81.7 cm³/mol. The molecule has 1 aliphatic rings. The van der Waals surface area contributed by atoms with E-state index in [9.17, 15) is 9.90 Å². The Balaban J connectivity index is 1.89. The maximum Gasteiger partial charge on any atom is 0.223 e. The fraction of sp³-hybridized carbons (Fsp3) is 0.706. The largest absolute Gasteiger partial charge is 0.467 e. The Bertz CT molecular complexity index is 429. The van der Waals surface area contributed by atoms with Crippen LogP contribution in [0.3, 0.4) is 0 Å². The van der Waals surface area contributed by atoms with Crippen LogP contribution in [0.1, 0.15) is 64.2 Å². The third-order valence-corrected chi connectivity index (χ3v) is 4.37. The van der Waals surface area contributed by atoms with Gasteiger partial charge in [0.2, 0.25) is 5.91 Å². The molecule has 0 aromatic carbocycles. The molecule has 1 fully saturated rings. The van der Waals surface area contributed by atoms with Crippen LogP contribution in [0.2, 0.25) is 0 Å². The molecule has 1 aliphatic heterocycles. The Hall–Kier alpha value is -1.29. The minimum atomic E-state index is -0.619. The summed E-state index contributed by atoms with van der Waals surface area (Å²) in [7, 11) is 0. The first kappa shape index (κ1) is 16.1. The van der Waals surface area contributed by atoms with Crippen LogP contribution in [0.4, 0.5) is 0 Å². The first-order chi connectivity index (χ1) is 10.1. The Morgan fingerprint density at radius 3 is 3.05 bits per heavy atom. The van der Waals surface area contributed by atoms with Crippen LogP contribution < -0.4 is 0 Å². The standard InChI is InChI=1S/C17H27NO3/c1-3-6-13(2)11-17(20)18-9-4-7-14(18)12-15(19)16-8-5-10-21-16/h5,8,10,13-15,19H,3-4,6-7,9,11-12H2,1-2H3. The highest BCUT2D eigenvalue weighted by Crippen LogP contribution is 2.28. The quantitative estimate of drug-likeness (QED) is 0.837. The molecule has 0 spiro atoms. The van der Waals surface area contributed by atoms with Crippen molar-refractivity contribution < 1.29 is 14.3 Å². The highest BCUT2D eigenvalue weighted by molar-refractivity contribution is 5.77. The first-order valence-corrected chi connectivity index (χ1v) is 8.12. The summed E-state index contributed by atoms with van der Waals surface area (Å²) in [5.41, 5.74) is 0. The maximum absolute atomic E-state index is 12.4. The molecular weight excluding hydrogens is 266 g/mol. The van der Waals surface area contributed by atoms with Gasteiger partial charge in [0.15, 0.2) is 0 Å². The van der Waals surface area contributed by atoms with Gasteiger partial charge in [-0.15, -0.1) is 0 Å². The fourth-order valence-corrected chi connectivity index (χ4v) is 3.27. The summed E-state index contributed by atoms with van der Waals surface area (Å²) >= 11 is 0. The van der Waals surface area contributed by atoms with E-state index in [4.69, 9.17) is 4.42 Å². The van der Waals surface area contributed by atoms with Gasteiger partial charge >= 0.3 is 0 Å². The van der Waals surface area contributed by atoms with E-state index in [1.54, 1.807) is 18.4 Å². The van der Waals surface area contributed by atoms with Gasteiger partial charge in [0, 0.05) is 25.4 Å². The summed E-state index contributed by atoms with van der Waals surface area (Å²) in [6, 6.07) is 3.71. The minimum Gasteiger partial charge on any atom is -0.467 e. The number of rotatable bonds is 7. The number of carbonyl (C=O) groups is 1. The van der Waals surface area contributed by atoms with Crippen LogP contribution in [0, 0.1) is 5.92 Å². The Kier molecular flexibility index (Phi) is 5.85. The number of amides is 1. The van der Waals surface area contributed by atoms with Crippen molar-refractivity contribution in [3.05, 3.63) is 24.2 Å². The van der Waals surface area contributed by atoms with E-state index in [2.05, 4.69) is 13.8 Å². The lowest BCUT2D eigenvalue weighted by Gasteiger charge is -2.27. The molecule has 4 heteroatoms. The molecule has 1 aromatic heterocycles. The highest BCUT2D eigenvalue weighted by atomic mass is 16.4. The normalized spacial score (nSPS) is 21.5. The second kappa shape index (κ2) is 7.64. The second-order valence-corrected chi connectivity index (χ2v) is 6.25. The molecule has 2 rings (SSSR count). The van der Waals surface area contributed by atoms with E-state index >= 15 is 0 Å². The molecule has 0 saturated carbocycles. The molecule has 3 atom stereocenters. The molecule has 1 amide bonds. The SMILES string of the molecule is CCCC(C)CC(=O)N1CCCC1CC(O)c1ccco1. The van der Waals surface area contributed by atoms with Gasteiger partial charge in [0.25, 0.3) is 0 Å². The van der Waals surface area contributed by atoms with Crippen LogP contribution in [0.25, 0.3) is 0 Å². The molecule has 118 valence electrons. The number of furan rings is 1. The first-order valence-electron chi connectivity index (χ1n) is 8.12. The monoisotopic (exact) mass is 293 g/mol. The fourth-order valence-electron chi connectivity index (χ4n) is 3.27. The number of aliphatic hydroxyl groups excluding tert-OH is 1. The molecule has 21 heavy (non-hydrogen) atoms. The molecular formula is C17H27NO3. The van der Waals surface area contributed by atoms with E-state index in [-0.39, 0.29) is 11.9 Å². The smallest absolute Gasteiger partial charge is 0.223 e. The summed E-state index contributed by atoms with van der Waals surface area (Å²) in [5, 5.41) is 10.2. The van der Waals surface area contributed by atoms with Crippen LogP contribution in [-0.4, -0.2) is 28.5 Å². The Labute approximate surface area is 127 Å². The lowest BCUT2D eigenvalue weighted by molar-refractivity contribution is -0.133. The van der Waals surface area contributed by atoms with E-state index in [0.717, 1.165) is 32.2 Å². The van der Waals surface area contributed by atoms with E-state index in [0.29, 0.717) is 24.5 Å². The topological polar surface area (TPSA) is 53.7 Å². The van der Waals surface area contributed by atoms with E-state index in [1.165, 1.54) is 0 Å². The van der Waals surface area contributed by atoms with Gasteiger partial charge in [-0.25, -0.2) is 0 Å². The summed E-state index contributed by atoms with van der Waals surface area (Å²) in [6.07, 6.45) is 6.38. The van der Waals surface area contributed by atoms with Crippen molar-refractivity contribution in [3.63, 3.8) is 0 Å². The van der Waals surface area contributed by atoms with Gasteiger partial charge in [0.1, 0.15) is 11.9 Å². The number of carbonyl (C=O) groups excluding carboxylic acids is 1. The van der Waals surface area contributed by atoms with Crippen molar-refractivity contribution in [2.75, 3.05) is 6.54 Å². The van der Waals surface area contributed by atoms with E-state index in [1.807, 2.05) is 4.90 Å². The van der Waals surface area contributed by atoms with Gasteiger partial charge < -0.3 is 14.4 Å². The molecule has 0 aliphatic carbocycles. The van der Waals surface area contributed by atoms with Crippen LogP contribution in [-0.2, 0) is 4.79 Å². The van der Waals surface area contributed by atoms with Crippen molar-refractivity contribution in [1.29, 1.82) is 0 Å². The number of aliphatic hydroxyl groups is 1. The maximum atomic E-state index is 12.4. The third kappa shape index (κ3) is 4.34. The number of hydrogen-bond acceptors (Lipinski definition) is 3. The van der Waals surface area contributed by atoms with Crippen molar-refractivity contribution >= 4 is 5.91 Å². The van der Waals surface area contributed by atoms with Crippen molar-refractivity contribution in [3.8, 4) is 0 Å². The summed E-state index contributed by atoms with van der Waals surface area (Å²) in [5.74, 6) is 1.28. The molecule has 4 nitrogen and oxygen atoms in total. The van der Waals surface area contributed by atoms with Gasteiger partial charge in [-0.3, -0.25) is 4.79 Å². The highest BCUT2D eigenvalue weighted by Gasteiger charge is 2.31. The zero-order chi connectivity index (χ0) is 15.2. The van der Waals surface area contributed by atoms with Crippen LogP contribution in [0.5, 0.6) is 0 Å². The average molecular weight is 293 g/mol. The number of likely N-dealkylation sites (tertiary alicyclic amines) is 1. The Morgan fingerprint density at radius 2 is 2.38 bits per heavy atom. The molecule has 0 bridgehead atoms. The zero-order valence-corrected chi connectivity index (χ0v) is 13.1. The number of hydrogen-bond donors (Lipinski definition) is 1. The van der Waals surface area contributed by atoms with Crippen LogP contribution >= 0.6 is 0 Å². The second-order valence-electron chi connectivity index (χ2n) is 6.25. The summed E-state index contributed by atoms with van der Waals surface area (Å²) < 4.78 is 5.24. The van der Waals surface area contributed by atoms with Crippen LogP contribution in [0.15, 0.2) is 22.8 Å². The zero-order valence-electron chi connectivity index (χ0n) is 13.1. The van der Waals surface area contributed by atoms with Gasteiger partial charge in [-0.1, -0.05) is 26.7 Å². The molecule has 3 unspecified atom stereocenters. The molecule has 1 aromatic rings. The van der Waals surface area contributed by atoms with Gasteiger partial charge in [0.05, 0.1) is 6.26 Å². The van der Waals surface area contributed by atoms with Crippen molar-refractivity contribution in [1.82, 2.24) is 4.90 Å². The van der Waals surface area contributed by atoms with Crippen molar-refractivity contribution in [2.24, 2.45) is 5.92 Å². The lowest BCUT2D eigenvalue weighted by Crippen LogP contribution is -2.37. The average Bonchev–Trinajstić information content (AvgIpc) is 3.09.